The number of Topliss-reactive ketones (excluding diaryl/α,β-unsaturated/α-hetero) is 1. The van der Waals surface area contributed by atoms with E-state index in [0.717, 1.165) is 12.8 Å². The fourth-order valence-electron chi connectivity index (χ4n) is 2.10. The SMILES string of the molecule is CCCCCCCCCC(=O)c1cccc(F)c1Br. The van der Waals surface area contributed by atoms with Crippen LogP contribution in [0.25, 0.3) is 0 Å². The van der Waals surface area contributed by atoms with E-state index in [-0.39, 0.29) is 11.6 Å². The standard InChI is InChI=1S/C16H22BrFO/c1-2-3-4-5-6-7-8-12-15(19)13-10-9-11-14(18)16(13)17/h9-11H,2-8,12H2,1H3. The predicted octanol–water partition coefficient (Wildman–Crippen LogP) is 5.91. The van der Waals surface area contributed by atoms with Crippen LogP contribution in [0.4, 0.5) is 4.39 Å². The first-order valence-corrected chi connectivity index (χ1v) is 7.93. The molecule has 0 amide bonds. The second-order valence-corrected chi connectivity index (χ2v) is 5.69. The second-order valence-electron chi connectivity index (χ2n) is 4.90. The summed E-state index contributed by atoms with van der Waals surface area (Å²) in [6.45, 7) is 2.20. The number of hydrogen-bond donors (Lipinski definition) is 0. The van der Waals surface area contributed by atoms with Gasteiger partial charge in [0, 0.05) is 12.0 Å². The largest absolute Gasteiger partial charge is 0.294 e. The average Bonchev–Trinajstić information content (AvgIpc) is 2.40. The highest BCUT2D eigenvalue weighted by atomic mass is 79.9. The summed E-state index contributed by atoms with van der Waals surface area (Å²) in [5.41, 5.74) is 0.464. The van der Waals surface area contributed by atoms with Gasteiger partial charge in [-0.3, -0.25) is 4.79 Å². The lowest BCUT2D eigenvalue weighted by molar-refractivity contribution is 0.0978. The van der Waals surface area contributed by atoms with E-state index in [0.29, 0.717) is 16.5 Å². The summed E-state index contributed by atoms with van der Waals surface area (Å²) in [7, 11) is 0. The van der Waals surface area contributed by atoms with Crippen LogP contribution >= 0.6 is 15.9 Å². The Balaban J connectivity index is 2.26. The summed E-state index contributed by atoms with van der Waals surface area (Å²) >= 11 is 3.14. The highest BCUT2D eigenvalue weighted by Gasteiger charge is 2.12. The summed E-state index contributed by atoms with van der Waals surface area (Å²) in [6, 6.07) is 4.61. The van der Waals surface area contributed by atoms with Crippen LogP contribution in [0.3, 0.4) is 0 Å². The molecule has 3 heteroatoms. The van der Waals surface area contributed by atoms with Crippen molar-refractivity contribution in [1.82, 2.24) is 0 Å². The van der Waals surface area contributed by atoms with Crippen molar-refractivity contribution < 1.29 is 9.18 Å². The summed E-state index contributed by atoms with van der Waals surface area (Å²) in [6.07, 6.45) is 8.79. The Morgan fingerprint density at radius 3 is 2.42 bits per heavy atom. The first-order chi connectivity index (χ1) is 9.16. The van der Waals surface area contributed by atoms with Crippen LogP contribution in [-0.2, 0) is 0 Å². The molecule has 1 aromatic rings. The number of hydrogen-bond acceptors (Lipinski definition) is 1. The van der Waals surface area contributed by atoms with Gasteiger partial charge in [-0.15, -0.1) is 0 Å². The summed E-state index contributed by atoms with van der Waals surface area (Å²) in [5, 5.41) is 0. The van der Waals surface area contributed by atoms with Gasteiger partial charge in [-0.1, -0.05) is 57.6 Å². The van der Waals surface area contributed by atoms with E-state index in [2.05, 4.69) is 22.9 Å². The van der Waals surface area contributed by atoms with Crippen molar-refractivity contribution in [2.45, 2.75) is 58.3 Å². The first-order valence-electron chi connectivity index (χ1n) is 7.14. The zero-order valence-corrected chi connectivity index (χ0v) is 13.1. The maximum Gasteiger partial charge on any atom is 0.164 e. The fourth-order valence-corrected chi connectivity index (χ4v) is 2.58. The molecule has 0 atom stereocenters. The van der Waals surface area contributed by atoms with Crippen LogP contribution in [0.5, 0.6) is 0 Å². The minimum atomic E-state index is -0.370. The molecule has 0 radical (unpaired) electrons. The average molecular weight is 329 g/mol. The molecule has 0 heterocycles. The number of carbonyl (C=O) groups excluding carboxylic acids is 1. The molecule has 1 aromatic carbocycles. The number of ketones is 1. The molecule has 0 aliphatic heterocycles. The van der Waals surface area contributed by atoms with Gasteiger partial charge in [0.2, 0.25) is 0 Å². The molecule has 0 spiro atoms. The van der Waals surface area contributed by atoms with Crippen LogP contribution in [0.2, 0.25) is 0 Å². The van der Waals surface area contributed by atoms with Gasteiger partial charge in [0.1, 0.15) is 5.82 Å². The Labute approximate surface area is 123 Å². The van der Waals surface area contributed by atoms with Gasteiger partial charge in [0.15, 0.2) is 5.78 Å². The lowest BCUT2D eigenvalue weighted by Crippen LogP contribution is -2.01. The third-order valence-electron chi connectivity index (χ3n) is 3.26. The Kier molecular flexibility index (Phi) is 7.96. The zero-order valence-electron chi connectivity index (χ0n) is 11.6. The lowest BCUT2D eigenvalue weighted by atomic mass is 10.0. The molecule has 0 bridgehead atoms. The highest BCUT2D eigenvalue weighted by molar-refractivity contribution is 9.10. The maximum atomic E-state index is 13.3. The molecule has 0 saturated carbocycles. The van der Waals surface area contributed by atoms with Crippen molar-refractivity contribution in [1.29, 1.82) is 0 Å². The van der Waals surface area contributed by atoms with Crippen molar-refractivity contribution >= 4 is 21.7 Å². The van der Waals surface area contributed by atoms with Crippen molar-refractivity contribution in [3.05, 3.63) is 34.1 Å². The van der Waals surface area contributed by atoms with Crippen molar-refractivity contribution in [3.63, 3.8) is 0 Å². The Bertz CT molecular complexity index is 404. The van der Waals surface area contributed by atoms with E-state index < -0.39 is 0 Å². The van der Waals surface area contributed by atoms with Crippen molar-refractivity contribution in [2.24, 2.45) is 0 Å². The highest BCUT2D eigenvalue weighted by Crippen LogP contribution is 2.22. The van der Waals surface area contributed by atoms with Gasteiger partial charge in [-0.05, 0) is 28.4 Å². The lowest BCUT2D eigenvalue weighted by Gasteiger charge is -2.04. The third-order valence-corrected chi connectivity index (χ3v) is 4.07. The van der Waals surface area contributed by atoms with E-state index in [1.54, 1.807) is 12.1 Å². The molecule has 19 heavy (non-hydrogen) atoms. The van der Waals surface area contributed by atoms with Gasteiger partial charge < -0.3 is 0 Å². The quantitative estimate of drug-likeness (QED) is 0.406. The molecule has 0 aliphatic carbocycles. The fraction of sp³-hybridized carbons (Fsp3) is 0.562. The summed E-state index contributed by atoms with van der Waals surface area (Å²) < 4.78 is 13.6. The van der Waals surface area contributed by atoms with E-state index in [1.807, 2.05) is 0 Å². The third kappa shape index (κ3) is 5.85. The molecule has 106 valence electrons. The molecule has 0 aromatic heterocycles. The van der Waals surface area contributed by atoms with Crippen LogP contribution < -0.4 is 0 Å². The van der Waals surface area contributed by atoms with E-state index in [9.17, 15) is 9.18 Å². The van der Waals surface area contributed by atoms with Gasteiger partial charge in [0.05, 0.1) is 4.47 Å². The predicted molar refractivity (Wildman–Crippen MR) is 81.0 cm³/mol. The molecule has 0 fully saturated rings. The van der Waals surface area contributed by atoms with Crippen LogP contribution in [0.1, 0.15) is 68.6 Å². The molecule has 0 saturated heterocycles. The monoisotopic (exact) mass is 328 g/mol. The van der Waals surface area contributed by atoms with Crippen molar-refractivity contribution in [2.75, 3.05) is 0 Å². The number of carbonyl (C=O) groups is 1. The molecule has 0 unspecified atom stereocenters. The molecule has 0 aliphatic rings. The number of rotatable bonds is 9. The molecular formula is C16H22BrFO. The maximum absolute atomic E-state index is 13.3. The van der Waals surface area contributed by atoms with E-state index >= 15 is 0 Å². The minimum Gasteiger partial charge on any atom is -0.294 e. The van der Waals surface area contributed by atoms with Gasteiger partial charge in [-0.25, -0.2) is 4.39 Å². The van der Waals surface area contributed by atoms with E-state index in [4.69, 9.17) is 0 Å². The second kappa shape index (κ2) is 9.24. The van der Waals surface area contributed by atoms with Gasteiger partial charge in [-0.2, -0.15) is 0 Å². The Morgan fingerprint density at radius 2 is 1.74 bits per heavy atom. The van der Waals surface area contributed by atoms with Crippen LogP contribution in [0.15, 0.2) is 22.7 Å². The number of unbranched alkanes of at least 4 members (excludes halogenated alkanes) is 6. The molecular weight excluding hydrogens is 307 g/mol. The van der Waals surface area contributed by atoms with Crippen LogP contribution in [-0.4, -0.2) is 5.78 Å². The zero-order chi connectivity index (χ0) is 14.1. The summed E-state index contributed by atoms with van der Waals surface area (Å²) in [4.78, 5) is 12.0. The minimum absolute atomic E-state index is 0.0277. The summed E-state index contributed by atoms with van der Waals surface area (Å²) in [5.74, 6) is -0.342. The number of halogens is 2. The van der Waals surface area contributed by atoms with Crippen LogP contribution in [0, 0.1) is 5.82 Å². The van der Waals surface area contributed by atoms with E-state index in [1.165, 1.54) is 38.2 Å². The Hall–Kier alpha value is -0.700. The molecule has 0 N–H and O–H groups in total. The van der Waals surface area contributed by atoms with Gasteiger partial charge in [0.25, 0.3) is 0 Å². The van der Waals surface area contributed by atoms with Gasteiger partial charge >= 0.3 is 0 Å². The Morgan fingerprint density at radius 1 is 1.11 bits per heavy atom. The topological polar surface area (TPSA) is 17.1 Å². The number of benzene rings is 1. The normalized spacial score (nSPS) is 10.7. The molecule has 1 rings (SSSR count). The molecule has 1 nitrogen and oxygen atoms in total. The first kappa shape index (κ1) is 16.4. The smallest absolute Gasteiger partial charge is 0.164 e. The van der Waals surface area contributed by atoms with Crippen molar-refractivity contribution in [3.8, 4) is 0 Å².